The lowest BCUT2D eigenvalue weighted by molar-refractivity contribution is 0.0374. The van der Waals surface area contributed by atoms with Gasteiger partial charge in [-0.15, -0.1) is 0 Å². The van der Waals surface area contributed by atoms with Crippen molar-refractivity contribution in [3.05, 3.63) is 34.6 Å². The normalized spacial score (nSPS) is 15.7. The van der Waals surface area contributed by atoms with E-state index >= 15 is 0 Å². The molecule has 0 fully saturated rings. The van der Waals surface area contributed by atoms with Gasteiger partial charge in [0.15, 0.2) is 0 Å². The van der Waals surface area contributed by atoms with Crippen LogP contribution in [-0.4, -0.2) is 12.2 Å². The molecule has 0 heterocycles. The Kier molecular flexibility index (Phi) is 4.15. The zero-order valence-electron chi connectivity index (χ0n) is 10.4. The maximum absolute atomic E-state index is 14.7. The van der Waals surface area contributed by atoms with Crippen molar-refractivity contribution in [3.63, 3.8) is 0 Å². The van der Waals surface area contributed by atoms with Gasteiger partial charge in [-0.25, -0.2) is 8.78 Å². The highest BCUT2D eigenvalue weighted by molar-refractivity contribution is 6.30. The minimum absolute atomic E-state index is 0.0456. The summed E-state index contributed by atoms with van der Waals surface area (Å²) in [6.45, 7) is 5.13. The summed E-state index contributed by atoms with van der Waals surface area (Å²) in [4.78, 5) is 0. The fraction of sp³-hybridized carbons (Fsp3) is 0.538. The number of hydrogen-bond acceptors (Lipinski definition) is 1. The van der Waals surface area contributed by atoms with Crippen LogP contribution in [0.1, 0.15) is 26.3 Å². The van der Waals surface area contributed by atoms with Gasteiger partial charge in [0, 0.05) is 18.0 Å². The highest BCUT2D eigenvalue weighted by Crippen LogP contribution is 2.36. The summed E-state index contributed by atoms with van der Waals surface area (Å²) in [5, 5.41) is 0.305. The first-order valence-corrected chi connectivity index (χ1v) is 5.90. The topological polar surface area (TPSA) is 26.0 Å². The van der Waals surface area contributed by atoms with Gasteiger partial charge in [-0.2, -0.15) is 0 Å². The first-order valence-electron chi connectivity index (χ1n) is 5.52. The molecule has 0 spiro atoms. The maximum atomic E-state index is 14.7. The standard InChI is InChI=1S/C13H18ClF2N/c1-12(2,3)13(16,8-17)7-9-4-5-10(14)6-11(9)15/h4-6H,7-8,17H2,1-3H3. The molecule has 4 heteroatoms. The van der Waals surface area contributed by atoms with Crippen molar-refractivity contribution in [3.8, 4) is 0 Å². The zero-order chi connectivity index (χ0) is 13.3. The van der Waals surface area contributed by atoms with E-state index in [-0.39, 0.29) is 13.0 Å². The number of benzene rings is 1. The van der Waals surface area contributed by atoms with Crippen LogP contribution in [0.25, 0.3) is 0 Å². The smallest absolute Gasteiger partial charge is 0.132 e. The van der Waals surface area contributed by atoms with Gasteiger partial charge < -0.3 is 5.73 Å². The summed E-state index contributed by atoms with van der Waals surface area (Å²) >= 11 is 5.65. The lowest BCUT2D eigenvalue weighted by atomic mass is 9.74. The first kappa shape index (κ1) is 14.4. The molecule has 1 nitrogen and oxygen atoms in total. The van der Waals surface area contributed by atoms with E-state index < -0.39 is 16.9 Å². The molecular weight excluding hydrogens is 244 g/mol. The Balaban J connectivity index is 3.03. The molecule has 0 amide bonds. The van der Waals surface area contributed by atoms with E-state index in [0.29, 0.717) is 10.6 Å². The summed E-state index contributed by atoms with van der Waals surface area (Å²) in [6, 6.07) is 4.25. The monoisotopic (exact) mass is 261 g/mol. The predicted molar refractivity (Wildman–Crippen MR) is 67.5 cm³/mol. The van der Waals surface area contributed by atoms with Crippen molar-refractivity contribution < 1.29 is 8.78 Å². The lowest BCUT2D eigenvalue weighted by Crippen LogP contribution is -2.47. The quantitative estimate of drug-likeness (QED) is 0.881. The molecule has 96 valence electrons. The minimum atomic E-state index is -1.64. The van der Waals surface area contributed by atoms with Crippen LogP contribution >= 0.6 is 11.6 Å². The average Bonchev–Trinajstić information content (AvgIpc) is 2.20. The van der Waals surface area contributed by atoms with Crippen LogP contribution in [0.2, 0.25) is 5.02 Å². The molecule has 1 atom stereocenters. The van der Waals surface area contributed by atoms with E-state index in [9.17, 15) is 8.78 Å². The maximum Gasteiger partial charge on any atom is 0.132 e. The molecule has 1 aromatic rings. The molecule has 1 unspecified atom stereocenters. The summed E-state index contributed by atoms with van der Waals surface area (Å²) in [5.41, 5.74) is 3.52. The molecule has 0 aliphatic carbocycles. The van der Waals surface area contributed by atoms with Crippen molar-refractivity contribution in [2.75, 3.05) is 6.54 Å². The van der Waals surface area contributed by atoms with Crippen LogP contribution in [0.4, 0.5) is 8.78 Å². The second-order valence-corrected chi connectivity index (χ2v) is 5.77. The van der Waals surface area contributed by atoms with Gasteiger partial charge in [-0.05, 0) is 23.1 Å². The fourth-order valence-electron chi connectivity index (χ4n) is 1.61. The Hall–Kier alpha value is -0.670. The molecule has 0 saturated heterocycles. The van der Waals surface area contributed by atoms with Crippen LogP contribution in [0.3, 0.4) is 0 Å². The van der Waals surface area contributed by atoms with Crippen LogP contribution in [0, 0.1) is 11.2 Å². The second kappa shape index (κ2) is 4.91. The van der Waals surface area contributed by atoms with Gasteiger partial charge in [-0.1, -0.05) is 38.4 Å². The van der Waals surface area contributed by atoms with Crippen LogP contribution in [0.5, 0.6) is 0 Å². The Morgan fingerprint density at radius 3 is 2.29 bits per heavy atom. The molecule has 0 aromatic heterocycles. The molecule has 0 aliphatic heterocycles. The van der Waals surface area contributed by atoms with Crippen LogP contribution in [0.15, 0.2) is 18.2 Å². The Morgan fingerprint density at radius 2 is 1.88 bits per heavy atom. The van der Waals surface area contributed by atoms with Crippen LogP contribution < -0.4 is 5.73 Å². The summed E-state index contributed by atoms with van der Waals surface area (Å²) < 4.78 is 28.3. The zero-order valence-corrected chi connectivity index (χ0v) is 11.1. The molecule has 2 N–H and O–H groups in total. The van der Waals surface area contributed by atoms with E-state index in [0.717, 1.165) is 0 Å². The number of nitrogens with two attached hydrogens (primary N) is 1. The highest BCUT2D eigenvalue weighted by Gasteiger charge is 2.41. The molecular formula is C13H18ClF2N. The van der Waals surface area contributed by atoms with Crippen molar-refractivity contribution in [1.82, 2.24) is 0 Å². The van der Waals surface area contributed by atoms with Gasteiger partial charge in [0.25, 0.3) is 0 Å². The van der Waals surface area contributed by atoms with Crippen molar-refractivity contribution >= 4 is 11.6 Å². The van der Waals surface area contributed by atoms with Crippen molar-refractivity contribution in [1.29, 1.82) is 0 Å². The number of halogens is 3. The molecule has 0 bridgehead atoms. The van der Waals surface area contributed by atoms with E-state index in [1.54, 1.807) is 26.8 Å². The number of hydrogen-bond donors (Lipinski definition) is 1. The highest BCUT2D eigenvalue weighted by atomic mass is 35.5. The SMILES string of the molecule is CC(C)(C)C(F)(CN)Cc1ccc(Cl)cc1F. The van der Waals surface area contributed by atoms with Crippen molar-refractivity contribution in [2.45, 2.75) is 32.9 Å². The van der Waals surface area contributed by atoms with Crippen molar-refractivity contribution in [2.24, 2.45) is 11.1 Å². The van der Waals surface area contributed by atoms with Crippen LogP contribution in [-0.2, 0) is 6.42 Å². The van der Waals surface area contributed by atoms with E-state index in [1.165, 1.54) is 12.1 Å². The average molecular weight is 262 g/mol. The third-order valence-electron chi connectivity index (χ3n) is 3.15. The fourth-order valence-corrected chi connectivity index (χ4v) is 1.77. The molecule has 0 saturated carbocycles. The summed E-state index contributed by atoms with van der Waals surface area (Å²) in [5.74, 6) is -0.489. The van der Waals surface area contributed by atoms with E-state index in [4.69, 9.17) is 17.3 Å². The Labute approximate surface area is 106 Å². The minimum Gasteiger partial charge on any atom is -0.327 e. The first-order chi connectivity index (χ1) is 7.69. The number of rotatable bonds is 3. The lowest BCUT2D eigenvalue weighted by Gasteiger charge is -2.37. The molecule has 1 aromatic carbocycles. The third-order valence-corrected chi connectivity index (χ3v) is 3.39. The second-order valence-electron chi connectivity index (χ2n) is 5.33. The van der Waals surface area contributed by atoms with Gasteiger partial charge in [0.2, 0.25) is 0 Å². The summed E-state index contributed by atoms with van der Waals surface area (Å²) in [6.07, 6.45) is -0.0456. The van der Waals surface area contributed by atoms with Gasteiger partial charge >= 0.3 is 0 Å². The molecule has 0 aliphatic rings. The largest absolute Gasteiger partial charge is 0.327 e. The number of alkyl halides is 1. The van der Waals surface area contributed by atoms with Gasteiger partial charge in [0.05, 0.1) is 0 Å². The summed E-state index contributed by atoms with van der Waals surface area (Å²) in [7, 11) is 0. The predicted octanol–water partition coefficient (Wildman–Crippen LogP) is 3.73. The third kappa shape index (κ3) is 3.17. The van der Waals surface area contributed by atoms with Gasteiger partial charge in [-0.3, -0.25) is 0 Å². The van der Waals surface area contributed by atoms with Gasteiger partial charge in [0.1, 0.15) is 11.5 Å². The molecule has 17 heavy (non-hydrogen) atoms. The Bertz CT molecular complexity index is 401. The molecule has 1 rings (SSSR count). The van der Waals surface area contributed by atoms with E-state index in [2.05, 4.69) is 0 Å². The Morgan fingerprint density at radius 1 is 1.29 bits per heavy atom. The van der Waals surface area contributed by atoms with E-state index in [1.807, 2.05) is 0 Å². The molecule has 0 radical (unpaired) electrons.